The van der Waals surface area contributed by atoms with Crippen LogP contribution in [0.25, 0.3) is 0 Å². The molecule has 1 aromatic rings. The fourth-order valence-corrected chi connectivity index (χ4v) is 1.65. The van der Waals surface area contributed by atoms with Crippen LogP contribution in [0.15, 0.2) is 18.2 Å². The van der Waals surface area contributed by atoms with E-state index in [0.717, 1.165) is 11.3 Å². The van der Waals surface area contributed by atoms with Gasteiger partial charge in [-0.1, -0.05) is 6.07 Å². The number of rotatable bonds is 2. The Morgan fingerprint density at radius 1 is 1.31 bits per heavy atom. The Hall–Kier alpha value is -1.71. The molecule has 1 aliphatic rings. The van der Waals surface area contributed by atoms with Crippen LogP contribution in [0.5, 0.6) is 11.5 Å². The summed E-state index contributed by atoms with van der Waals surface area (Å²) in [4.78, 5) is 11.2. The number of fused-ring (bicyclic) bond motifs is 1. The third-order valence-corrected chi connectivity index (χ3v) is 2.36. The van der Waals surface area contributed by atoms with Gasteiger partial charge in [-0.15, -0.1) is 0 Å². The Kier molecular flexibility index (Phi) is 2.50. The van der Waals surface area contributed by atoms with Crippen molar-refractivity contribution in [2.75, 3.05) is 7.05 Å². The Morgan fingerprint density at radius 2 is 2.00 bits per heavy atom. The van der Waals surface area contributed by atoms with Gasteiger partial charge in [0.2, 0.25) is 11.7 Å². The van der Waals surface area contributed by atoms with E-state index in [1.54, 1.807) is 7.05 Å². The van der Waals surface area contributed by atoms with E-state index in [1.807, 2.05) is 32.0 Å². The number of nitrogens with one attached hydrogen (secondary N) is 1. The predicted molar refractivity (Wildman–Crippen MR) is 59.5 cm³/mol. The van der Waals surface area contributed by atoms with E-state index >= 15 is 0 Å². The molecule has 0 spiro atoms. The van der Waals surface area contributed by atoms with Gasteiger partial charge in [0.15, 0.2) is 11.5 Å². The third-order valence-electron chi connectivity index (χ3n) is 2.36. The normalized spacial score (nSPS) is 15.9. The van der Waals surface area contributed by atoms with Crippen molar-refractivity contribution in [2.24, 2.45) is 0 Å². The highest BCUT2D eigenvalue weighted by molar-refractivity contribution is 5.78. The highest BCUT2D eigenvalue weighted by Crippen LogP contribution is 2.39. The molecule has 1 aliphatic heterocycles. The molecule has 0 radical (unpaired) electrons. The van der Waals surface area contributed by atoms with Crippen molar-refractivity contribution in [3.63, 3.8) is 0 Å². The largest absolute Gasteiger partial charge is 0.449 e. The third kappa shape index (κ3) is 2.10. The molecule has 0 aromatic heterocycles. The van der Waals surface area contributed by atoms with Gasteiger partial charge in [-0.3, -0.25) is 4.79 Å². The molecule has 1 heterocycles. The molecule has 0 aliphatic carbocycles. The molecule has 0 atom stereocenters. The quantitative estimate of drug-likeness (QED) is 0.823. The van der Waals surface area contributed by atoms with E-state index in [1.165, 1.54) is 0 Å². The Morgan fingerprint density at radius 3 is 2.69 bits per heavy atom. The minimum atomic E-state index is -0.617. The van der Waals surface area contributed by atoms with Gasteiger partial charge in [-0.2, -0.15) is 0 Å². The molecule has 0 unspecified atom stereocenters. The van der Waals surface area contributed by atoms with Crippen LogP contribution in [-0.2, 0) is 11.2 Å². The van der Waals surface area contributed by atoms with Crippen LogP contribution >= 0.6 is 0 Å². The second kappa shape index (κ2) is 3.70. The molecule has 4 heteroatoms. The molecule has 1 amide bonds. The second-order valence-electron chi connectivity index (χ2n) is 4.23. The first-order valence-electron chi connectivity index (χ1n) is 5.22. The number of carbonyl (C=O) groups is 1. The maximum atomic E-state index is 11.2. The van der Waals surface area contributed by atoms with Gasteiger partial charge in [0, 0.05) is 20.9 Å². The highest BCUT2D eigenvalue weighted by Gasteiger charge is 2.31. The van der Waals surface area contributed by atoms with Crippen molar-refractivity contribution in [2.45, 2.75) is 26.1 Å². The summed E-state index contributed by atoms with van der Waals surface area (Å²) in [7, 11) is 1.62. The van der Waals surface area contributed by atoms with Gasteiger partial charge in [0.05, 0.1) is 6.42 Å². The standard InChI is InChI=1S/C12H15NO3/c1-12(2)15-9-5-4-8(6-10(9)16-12)7-11(14)13-3/h4-6H,7H2,1-3H3,(H,13,14). The summed E-state index contributed by atoms with van der Waals surface area (Å²) in [5.74, 6) is 0.795. The van der Waals surface area contributed by atoms with Crippen LogP contribution in [0.1, 0.15) is 19.4 Å². The molecular weight excluding hydrogens is 206 g/mol. The first-order valence-corrected chi connectivity index (χ1v) is 5.22. The molecule has 0 saturated carbocycles. The van der Waals surface area contributed by atoms with E-state index in [4.69, 9.17) is 9.47 Å². The number of amides is 1. The molecule has 0 bridgehead atoms. The number of hydrogen-bond donors (Lipinski definition) is 1. The molecule has 86 valence electrons. The highest BCUT2D eigenvalue weighted by atomic mass is 16.7. The van der Waals surface area contributed by atoms with Crippen molar-refractivity contribution in [3.8, 4) is 11.5 Å². The summed E-state index contributed by atoms with van der Waals surface area (Å²) in [6, 6.07) is 5.56. The lowest BCUT2D eigenvalue weighted by Crippen LogP contribution is -2.29. The summed E-state index contributed by atoms with van der Waals surface area (Å²) in [5.41, 5.74) is 0.916. The zero-order valence-electron chi connectivity index (χ0n) is 9.66. The summed E-state index contributed by atoms with van der Waals surface area (Å²) in [5, 5.41) is 2.59. The van der Waals surface area contributed by atoms with Crippen LogP contribution in [-0.4, -0.2) is 18.7 Å². The number of likely N-dealkylation sites (N-methyl/N-ethyl adjacent to an activating group) is 1. The fraction of sp³-hybridized carbons (Fsp3) is 0.417. The lowest BCUT2D eigenvalue weighted by atomic mass is 10.1. The Labute approximate surface area is 94.6 Å². The summed E-state index contributed by atoms with van der Waals surface area (Å²) < 4.78 is 11.2. The van der Waals surface area contributed by atoms with E-state index in [9.17, 15) is 4.79 Å². The fourth-order valence-electron chi connectivity index (χ4n) is 1.65. The molecule has 1 aromatic carbocycles. The lowest BCUT2D eigenvalue weighted by Gasteiger charge is -2.16. The monoisotopic (exact) mass is 221 g/mol. The topological polar surface area (TPSA) is 47.6 Å². The molecule has 0 fully saturated rings. The van der Waals surface area contributed by atoms with E-state index in [2.05, 4.69) is 5.32 Å². The SMILES string of the molecule is CNC(=O)Cc1ccc2c(c1)OC(C)(C)O2. The van der Waals surface area contributed by atoms with E-state index in [-0.39, 0.29) is 5.91 Å². The number of hydrogen-bond acceptors (Lipinski definition) is 3. The van der Waals surface area contributed by atoms with Crippen LogP contribution in [0, 0.1) is 0 Å². The average Bonchev–Trinajstić information content (AvgIpc) is 2.51. The smallest absolute Gasteiger partial charge is 0.246 e. The zero-order valence-corrected chi connectivity index (χ0v) is 9.66. The van der Waals surface area contributed by atoms with E-state index < -0.39 is 5.79 Å². The van der Waals surface area contributed by atoms with Gasteiger partial charge in [-0.05, 0) is 17.7 Å². The van der Waals surface area contributed by atoms with Crippen molar-refractivity contribution in [1.29, 1.82) is 0 Å². The zero-order chi connectivity index (χ0) is 11.8. The van der Waals surface area contributed by atoms with E-state index in [0.29, 0.717) is 12.2 Å². The molecular formula is C12H15NO3. The van der Waals surface area contributed by atoms with Crippen LogP contribution in [0.3, 0.4) is 0 Å². The minimum absolute atomic E-state index is 0.0156. The first-order chi connectivity index (χ1) is 7.50. The van der Waals surface area contributed by atoms with Crippen LogP contribution < -0.4 is 14.8 Å². The predicted octanol–water partition coefficient (Wildman–Crippen LogP) is 1.48. The van der Waals surface area contributed by atoms with Crippen molar-refractivity contribution in [3.05, 3.63) is 23.8 Å². The van der Waals surface area contributed by atoms with Gasteiger partial charge >= 0.3 is 0 Å². The summed E-state index contributed by atoms with van der Waals surface area (Å²) in [6.45, 7) is 3.71. The second-order valence-corrected chi connectivity index (χ2v) is 4.23. The number of benzene rings is 1. The maximum absolute atomic E-state index is 11.2. The maximum Gasteiger partial charge on any atom is 0.246 e. The lowest BCUT2D eigenvalue weighted by molar-refractivity contribution is -0.119. The first kappa shape index (κ1) is 10.8. The molecule has 0 saturated heterocycles. The van der Waals surface area contributed by atoms with Crippen molar-refractivity contribution in [1.82, 2.24) is 5.32 Å². The number of ether oxygens (including phenoxy) is 2. The molecule has 1 N–H and O–H groups in total. The van der Waals surface area contributed by atoms with Crippen LogP contribution in [0.4, 0.5) is 0 Å². The van der Waals surface area contributed by atoms with Gasteiger partial charge in [0.25, 0.3) is 0 Å². The Balaban J connectivity index is 2.19. The molecule has 2 rings (SSSR count). The van der Waals surface area contributed by atoms with Crippen molar-refractivity contribution < 1.29 is 14.3 Å². The minimum Gasteiger partial charge on any atom is -0.449 e. The van der Waals surface area contributed by atoms with Gasteiger partial charge < -0.3 is 14.8 Å². The molecule has 4 nitrogen and oxygen atoms in total. The van der Waals surface area contributed by atoms with Gasteiger partial charge in [0.1, 0.15) is 0 Å². The molecule has 16 heavy (non-hydrogen) atoms. The Bertz CT molecular complexity index is 426. The summed E-state index contributed by atoms with van der Waals surface area (Å²) in [6.07, 6.45) is 0.355. The summed E-state index contributed by atoms with van der Waals surface area (Å²) >= 11 is 0. The number of carbonyl (C=O) groups excluding carboxylic acids is 1. The average molecular weight is 221 g/mol. The van der Waals surface area contributed by atoms with Gasteiger partial charge in [-0.25, -0.2) is 0 Å². The van der Waals surface area contributed by atoms with Crippen molar-refractivity contribution >= 4 is 5.91 Å². The van der Waals surface area contributed by atoms with Crippen LogP contribution in [0.2, 0.25) is 0 Å².